The van der Waals surface area contributed by atoms with E-state index >= 15 is 4.39 Å². The Morgan fingerprint density at radius 1 is 1.29 bits per heavy atom. The van der Waals surface area contributed by atoms with Crippen molar-refractivity contribution in [2.75, 3.05) is 52.3 Å². The molecule has 1 aliphatic heterocycles. The summed E-state index contributed by atoms with van der Waals surface area (Å²) in [5.74, 6) is 7.16. The van der Waals surface area contributed by atoms with Gasteiger partial charge in [-0.2, -0.15) is 0 Å². The summed E-state index contributed by atoms with van der Waals surface area (Å²) >= 11 is 1.65. The van der Waals surface area contributed by atoms with Gasteiger partial charge in [0.15, 0.2) is 0 Å². The van der Waals surface area contributed by atoms with E-state index in [9.17, 15) is 5.11 Å². The minimum atomic E-state index is -1.16. The van der Waals surface area contributed by atoms with E-state index in [0.717, 1.165) is 53.9 Å². The lowest BCUT2D eigenvalue weighted by molar-refractivity contribution is 0.0345. The molecule has 35 heavy (non-hydrogen) atoms. The highest BCUT2D eigenvalue weighted by Gasteiger charge is 2.35. The first-order chi connectivity index (χ1) is 16.9. The maximum atomic E-state index is 16.0. The maximum absolute atomic E-state index is 16.0. The number of aromatic nitrogens is 1. The highest BCUT2D eigenvalue weighted by Crippen LogP contribution is 2.42. The van der Waals surface area contributed by atoms with Gasteiger partial charge in [-0.15, -0.1) is 11.3 Å². The number of halogens is 1. The number of likely N-dealkylation sites (tertiary alicyclic amines) is 1. The summed E-state index contributed by atoms with van der Waals surface area (Å²) in [6.07, 6.45) is 3.28. The van der Waals surface area contributed by atoms with Gasteiger partial charge in [-0.1, -0.05) is 17.9 Å². The number of hydrogen-bond donors (Lipinski definition) is 1. The summed E-state index contributed by atoms with van der Waals surface area (Å²) in [6, 6.07) is 9.63. The molecule has 5 nitrogen and oxygen atoms in total. The smallest absolute Gasteiger partial charge is 0.128 e. The average Bonchev–Trinajstić information content (AvgIpc) is 3.40. The number of benzene rings is 1. The molecular formula is C28H34FN3O2S. The number of pyridine rings is 1. The van der Waals surface area contributed by atoms with Crippen LogP contribution in [0.15, 0.2) is 41.9 Å². The fourth-order valence-corrected chi connectivity index (χ4v) is 5.42. The van der Waals surface area contributed by atoms with Crippen LogP contribution in [0, 0.1) is 17.3 Å². The number of hydrogen-bond acceptors (Lipinski definition) is 6. The minimum Gasteiger partial charge on any atom is -0.497 e. The normalized spacial score (nSPS) is 16.5. The highest BCUT2D eigenvalue weighted by atomic mass is 32.1. The molecule has 2 aromatic heterocycles. The molecule has 0 spiro atoms. The molecule has 0 aliphatic carbocycles. The molecule has 3 aromatic rings. The second-order valence-electron chi connectivity index (χ2n) is 9.55. The van der Waals surface area contributed by atoms with E-state index < -0.39 is 6.17 Å². The van der Waals surface area contributed by atoms with Crippen molar-refractivity contribution in [1.29, 1.82) is 0 Å². The monoisotopic (exact) mass is 495 g/mol. The number of piperidine rings is 1. The number of alkyl halides is 1. The number of nitrogens with zero attached hydrogens (tertiary/aromatic N) is 3. The molecule has 1 aliphatic rings. The summed E-state index contributed by atoms with van der Waals surface area (Å²) < 4.78 is 21.4. The minimum absolute atomic E-state index is 0.0832. The number of ether oxygens (including phenoxy) is 1. The number of anilines is 1. The van der Waals surface area contributed by atoms with Crippen LogP contribution in [0.3, 0.4) is 0 Å². The Morgan fingerprint density at radius 2 is 2.09 bits per heavy atom. The van der Waals surface area contributed by atoms with Crippen molar-refractivity contribution in [1.82, 2.24) is 9.88 Å². The first-order valence-corrected chi connectivity index (χ1v) is 13.0. The van der Waals surface area contributed by atoms with Crippen LogP contribution < -0.4 is 9.64 Å². The van der Waals surface area contributed by atoms with Gasteiger partial charge in [0.1, 0.15) is 11.9 Å². The molecule has 0 radical (unpaired) electrons. The third-order valence-corrected chi connectivity index (χ3v) is 7.89. The van der Waals surface area contributed by atoms with Gasteiger partial charge in [-0.25, -0.2) is 4.39 Å². The van der Waals surface area contributed by atoms with Gasteiger partial charge < -0.3 is 14.7 Å². The third kappa shape index (κ3) is 5.95. The van der Waals surface area contributed by atoms with Gasteiger partial charge >= 0.3 is 0 Å². The Bertz CT molecular complexity index is 1180. The summed E-state index contributed by atoms with van der Waals surface area (Å²) in [5, 5.41) is 13.1. The van der Waals surface area contributed by atoms with Crippen LogP contribution in [0.1, 0.15) is 42.3 Å². The summed E-state index contributed by atoms with van der Waals surface area (Å²) in [7, 11) is 5.43. The van der Waals surface area contributed by atoms with Gasteiger partial charge in [0.2, 0.25) is 0 Å². The van der Waals surface area contributed by atoms with Crippen LogP contribution in [0.5, 0.6) is 5.75 Å². The predicted octanol–water partition coefficient (Wildman–Crippen LogP) is 5.29. The zero-order chi connectivity index (χ0) is 24.8. The van der Waals surface area contributed by atoms with Crippen LogP contribution in [0.4, 0.5) is 10.1 Å². The van der Waals surface area contributed by atoms with E-state index in [-0.39, 0.29) is 12.0 Å². The predicted molar refractivity (Wildman–Crippen MR) is 142 cm³/mol. The van der Waals surface area contributed by atoms with Gasteiger partial charge in [-0.05, 0) is 73.8 Å². The zero-order valence-corrected chi connectivity index (χ0v) is 21.6. The van der Waals surface area contributed by atoms with Gasteiger partial charge in [-0.3, -0.25) is 9.88 Å². The number of aliphatic hydroxyl groups excluding tert-OH is 1. The topological polar surface area (TPSA) is 48.8 Å². The van der Waals surface area contributed by atoms with Crippen LogP contribution in [0.2, 0.25) is 0 Å². The Morgan fingerprint density at radius 3 is 2.74 bits per heavy atom. The van der Waals surface area contributed by atoms with Crippen LogP contribution in [-0.4, -0.2) is 62.4 Å². The van der Waals surface area contributed by atoms with E-state index in [1.807, 2.05) is 54.7 Å². The summed E-state index contributed by atoms with van der Waals surface area (Å²) in [5.41, 5.74) is 1.92. The first-order valence-electron chi connectivity index (χ1n) is 12.1. The second kappa shape index (κ2) is 11.4. The van der Waals surface area contributed by atoms with Crippen molar-refractivity contribution in [2.24, 2.45) is 5.41 Å². The van der Waals surface area contributed by atoms with Crippen LogP contribution in [0.25, 0.3) is 10.9 Å². The number of aliphatic hydroxyl groups is 1. The molecule has 3 heterocycles. The maximum Gasteiger partial charge on any atom is 0.128 e. The number of rotatable bonds is 8. The van der Waals surface area contributed by atoms with E-state index in [2.05, 4.69) is 21.7 Å². The Labute approximate surface area is 211 Å². The molecule has 1 fully saturated rings. The molecule has 186 valence electrons. The number of thiophene rings is 1. The molecule has 1 atom stereocenters. The van der Waals surface area contributed by atoms with Crippen molar-refractivity contribution in [3.63, 3.8) is 0 Å². The Kier molecular flexibility index (Phi) is 8.27. The molecule has 0 amide bonds. The molecule has 4 rings (SSSR count). The highest BCUT2D eigenvalue weighted by molar-refractivity contribution is 7.10. The van der Waals surface area contributed by atoms with Gasteiger partial charge in [0.25, 0.3) is 0 Å². The fourth-order valence-electron chi connectivity index (χ4n) is 4.83. The molecule has 1 N–H and O–H groups in total. The first kappa shape index (κ1) is 25.4. The Balaban J connectivity index is 1.44. The lowest BCUT2D eigenvalue weighted by Crippen LogP contribution is -2.42. The standard InChI is InChI=1S/C28H34FN3O2S/c1-31(2)26-19-30-25-9-8-21(34-3)18-23(25)27(26)24(29)10-11-28(20-33)12-15-32(16-13-28)14-4-6-22-7-5-17-35-22/h5,7-9,17-19,24,33H,10-16,20H2,1-3H3/t24-/m0/s1. The summed E-state index contributed by atoms with van der Waals surface area (Å²) in [4.78, 5) is 9.85. The third-order valence-electron chi connectivity index (χ3n) is 7.11. The van der Waals surface area contributed by atoms with Crippen molar-refractivity contribution >= 4 is 27.9 Å². The van der Waals surface area contributed by atoms with Crippen LogP contribution >= 0.6 is 11.3 Å². The van der Waals surface area contributed by atoms with Crippen molar-refractivity contribution in [2.45, 2.75) is 31.9 Å². The summed E-state index contributed by atoms with van der Waals surface area (Å²) in [6.45, 7) is 2.55. The van der Waals surface area contributed by atoms with Gasteiger partial charge in [0.05, 0.1) is 35.9 Å². The zero-order valence-electron chi connectivity index (χ0n) is 20.8. The molecule has 7 heteroatoms. The van der Waals surface area contributed by atoms with Crippen molar-refractivity contribution < 1.29 is 14.2 Å². The van der Waals surface area contributed by atoms with Crippen molar-refractivity contribution in [3.05, 3.63) is 52.3 Å². The number of methoxy groups -OCH3 is 1. The largest absolute Gasteiger partial charge is 0.497 e. The van der Waals surface area contributed by atoms with Crippen molar-refractivity contribution in [3.8, 4) is 17.6 Å². The molecule has 0 saturated carbocycles. The fraction of sp³-hybridized carbons (Fsp3) is 0.464. The molecular weight excluding hydrogens is 461 g/mol. The molecule has 0 unspecified atom stereocenters. The Hall–Kier alpha value is -2.66. The van der Waals surface area contributed by atoms with Crippen LogP contribution in [-0.2, 0) is 0 Å². The SMILES string of the molecule is COc1ccc2ncc(N(C)C)c([C@@H](F)CCC3(CO)CCN(CC#Cc4cccs4)CC3)c2c1. The molecule has 0 bridgehead atoms. The van der Waals surface area contributed by atoms with E-state index in [4.69, 9.17) is 4.74 Å². The lowest BCUT2D eigenvalue weighted by Gasteiger charge is -2.40. The van der Waals surface area contributed by atoms with Gasteiger partial charge in [0, 0.05) is 31.7 Å². The molecule has 1 aromatic carbocycles. The second-order valence-corrected chi connectivity index (χ2v) is 10.5. The average molecular weight is 496 g/mol. The van der Waals surface area contributed by atoms with E-state index in [0.29, 0.717) is 24.2 Å². The quantitative estimate of drug-likeness (QED) is 0.431. The molecule has 1 saturated heterocycles. The number of fused-ring (bicyclic) bond motifs is 1. The van der Waals surface area contributed by atoms with E-state index in [1.54, 1.807) is 24.6 Å². The van der Waals surface area contributed by atoms with E-state index in [1.165, 1.54) is 0 Å². The lowest BCUT2D eigenvalue weighted by atomic mass is 9.74.